The number of aryl methyl sites for hydroxylation is 1. The van der Waals surface area contributed by atoms with Gasteiger partial charge in [0.05, 0.1) is 12.6 Å². The molecule has 0 spiro atoms. The molecule has 1 aliphatic carbocycles. The highest BCUT2D eigenvalue weighted by Crippen LogP contribution is 2.26. The second-order valence-corrected chi connectivity index (χ2v) is 9.87. The number of benzene rings is 2. The average molecular weight is 576 g/mol. The van der Waals surface area contributed by atoms with Crippen molar-refractivity contribution in [3.63, 3.8) is 0 Å². The van der Waals surface area contributed by atoms with Gasteiger partial charge < -0.3 is 14.7 Å². The number of ether oxygens (including phenoxy) is 1. The predicted octanol–water partition coefficient (Wildman–Crippen LogP) is 4.21. The molecule has 0 bridgehead atoms. The number of amides is 1. The normalized spacial score (nSPS) is 14.4. The van der Waals surface area contributed by atoms with E-state index in [2.05, 4.69) is 5.32 Å². The summed E-state index contributed by atoms with van der Waals surface area (Å²) >= 11 is 0. The lowest BCUT2D eigenvalue weighted by atomic mass is 9.98. The maximum absolute atomic E-state index is 13.9. The molecule has 0 saturated heterocycles. The zero-order chi connectivity index (χ0) is 26.1. The highest BCUT2D eigenvalue weighted by Gasteiger charge is 2.36. The van der Waals surface area contributed by atoms with Crippen LogP contribution in [0.1, 0.15) is 50.3 Å². The molecule has 1 unspecified atom stereocenters. The van der Waals surface area contributed by atoms with E-state index in [0.717, 1.165) is 16.7 Å². The van der Waals surface area contributed by atoms with Gasteiger partial charge in [-0.05, 0) is 61.6 Å². The van der Waals surface area contributed by atoms with Crippen LogP contribution in [-0.4, -0.2) is 59.1 Å². The van der Waals surface area contributed by atoms with Crippen molar-refractivity contribution in [1.29, 1.82) is 0 Å². The summed E-state index contributed by atoms with van der Waals surface area (Å²) in [4.78, 5) is 40.0. The Morgan fingerprint density at radius 3 is 2.14 bits per heavy atom. The molecule has 0 saturated carbocycles. The highest BCUT2D eigenvalue weighted by molar-refractivity contribution is 8.93. The number of hydrogen-bond donors (Lipinski definition) is 2. The molecule has 0 aliphatic heterocycles. The first-order valence-corrected chi connectivity index (χ1v) is 12.8. The molecule has 2 aromatic carbocycles. The van der Waals surface area contributed by atoms with Gasteiger partial charge in [-0.2, -0.15) is 0 Å². The number of carboxylic acids is 1. The molecule has 37 heavy (non-hydrogen) atoms. The molecule has 2 aromatic rings. The molecule has 1 amide bonds. The Bertz CT molecular complexity index is 1000. The molecule has 202 valence electrons. The van der Waals surface area contributed by atoms with E-state index in [-0.39, 0.29) is 48.0 Å². The van der Waals surface area contributed by atoms with Crippen molar-refractivity contribution >= 4 is 34.8 Å². The molecule has 1 aliphatic rings. The maximum atomic E-state index is 13.9. The fourth-order valence-corrected chi connectivity index (χ4v) is 4.91. The summed E-state index contributed by atoms with van der Waals surface area (Å²) in [5.41, 5.74) is 3.38. The van der Waals surface area contributed by atoms with Crippen molar-refractivity contribution in [3.05, 3.63) is 71.3 Å². The van der Waals surface area contributed by atoms with E-state index in [1.807, 2.05) is 68.4 Å². The van der Waals surface area contributed by atoms with Crippen LogP contribution < -0.4 is 5.32 Å². The molecule has 0 heterocycles. The molecular formula is C29H39BrN2O5. The van der Waals surface area contributed by atoms with Crippen LogP contribution in [0.2, 0.25) is 0 Å². The summed E-state index contributed by atoms with van der Waals surface area (Å²) in [6.07, 6.45) is 2.85. The number of halogens is 1. The SMILES string of the molecule is Br.CCOC(=O)C(CCc1ccccc1)N[C@@H](CC(C)C)C(=O)N(CC(=O)O)C1Cc2ccccc2C1. The molecule has 8 heteroatoms. The van der Waals surface area contributed by atoms with E-state index in [4.69, 9.17) is 4.74 Å². The van der Waals surface area contributed by atoms with Crippen LogP contribution in [0, 0.1) is 5.92 Å². The Labute approximate surface area is 230 Å². The van der Waals surface area contributed by atoms with Crippen LogP contribution in [0.15, 0.2) is 54.6 Å². The Hall–Kier alpha value is -2.71. The van der Waals surface area contributed by atoms with Gasteiger partial charge in [-0.25, -0.2) is 0 Å². The predicted molar refractivity (Wildman–Crippen MR) is 149 cm³/mol. The lowest BCUT2D eigenvalue weighted by Crippen LogP contribution is -2.56. The number of carbonyl (C=O) groups is 3. The van der Waals surface area contributed by atoms with Gasteiger partial charge in [0.15, 0.2) is 0 Å². The number of esters is 1. The van der Waals surface area contributed by atoms with Gasteiger partial charge in [0.2, 0.25) is 5.91 Å². The van der Waals surface area contributed by atoms with Crippen molar-refractivity contribution in [2.45, 2.75) is 71.0 Å². The molecule has 3 rings (SSSR count). The third-order valence-corrected chi connectivity index (χ3v) is 6.60. The summed E-state index contributed by atoms with van der Waals surface area (Å²) in [5.74, 6) is -1.56. The standard InChI is InChI=1S/C29H38N2O5.BrH/c1-4-36-29(35)25(15-14-21-10-6-5-7-11-21)30-26(16-20(2)3)28(34)31(19-27(32)33)24-17-22-12-8-9-13-23(22)18-24;/h5-13,20,24-26,30H,4,14-19H2,1-3H3,(H,32,33);1H/t25?,26-;/m0./s1. The second kappa shape index (κ2) is 14.9. The molecule has 0 fully saturated rings. The lowest BCUT2D eigenvalue weighted by Gasteiger charge is -2.33. The van der Waals surface area contributed by atoms with E-state index >= 15 is 0 Å². The number of rotatable bonds is 13. The second-order valence-electron chi connectivity index (χ2n) is 9.87. The van der Waals surface area contributed by atoms with Gasteiger partial charge in [-0.1, -0.05) is 68.4 Å². The summed E-state index contributed by atoms with van der Waals surface area (Å²) in [6, 6.07) is 16.3. The number of hydrogen-bond acceptors (Lipinski definition) is 5. The van der Waals surface area contributed by atoms with Crippen LogP contribution in [0.3, 0.4) is 0 Å². The monoisotopic (exact) mass is 574 g/mol. The topological polar surface area (TPSA) is 95.9 Å². The van der Waals surface area contributed by atoms with Crippen LogP contribution in [0.25, 0.3) is 0 Å². The number of fused-ring (bicyclic) bond motifs is 1. The van der Waals surface area contributed by atoms with Gasteiger partial charge in [-0.3, -0.25) is 19.7 Å². The lowest BCUT2D eigenvalue weighted by molar-refractivity contribution is -0.149. The quantitative estimate of drug-likeness (QED) is 0.348. The highest BCUT2D eigenvalue weighted by atomic mass is 79.9. The van der Waals surface area contributed by atoms with Crippen molar-refractivity contribution in [3.8, 4) is 0 Å². The largest absolute Gasteiger partial charge is 0.480 e. The fourth-order valence-electron chi connectivity index (χ4n) is 4.91. The van der Waals surface area contributed by atoms with E-state index in [9.17, 15) is 19.5 Å². The molecule has 0 aromatic heterocycles. The third kappa shape index (κ3) is 8.97. The molecule has 0 radical (unpaired) electrons. The van der Waals surface area contributed by atoms with E-state index in [1.165, 1.54) is 4.90 Å². The molecule has 2 atom stereocenters. The minimum absolute atomic E-state index is 0. The van der Waals surface area contributed by atoms with E-state index < -0.39 is 24.0 Å². The smallest absolute Gasteiger partial charge is 0.323 e. The summed E-state index contributed by atoms with van der Waals surface area (Å²) in [7, 11) is 0. The number of nitrogens with one attached hydrogen (secondary N) is 1. The third-order valence-electron chi connectivity index (χ3n) is 6.60. The van der Waals surface area contributed by atoms with Gasteiger partial charge in [0, 0.05) is 6.04 Å². The van der Waals surface area contributed by atoms with Crippen LogP contribution in [0.4, 0.5) is 0 Å². The zero-order valence-electron chi connectivity index (χ0n) is 21.9. The molecule has 2 N–H and O–H groups in total. The Morgan fingerprint density at radius 1 is 1.00 bits per heavy atom. The van der Waals surface area contributed by atoms with Crippen molar-refractivity contribution in [2.75, 3.05) is 13.2 Å². The van der Waals surface area contributed by atoms with Crippen LogP contribution in [0.5, 0.6) is 0 Å². The Morgan fingerprint density at radius 2 is 1.59 bits per heavy atom. The number of carbonyl (C=O) groups excluding carboxylic acids is 2. The van der Waals surface area contributed by atoms with Gasteiger partial charge in [-0.15, -0.1) is 17.0 Å². The van der Waals surface area contributed by atoms with E-state index in [1.54, 1.807) is 6.92 Å². The summed E-state index contributed by atoms with van der Waals surface area (Å²) < 4.78 is 5.32. The minimum Gasteiger partial charge on any atom is -0.480 e. The van der Waals surface area contributed by atoms with Gasteiger partial charge in [0.1, 0.15) is 12.6 Å². The van der Waals surface area contributed by atoms with Gasteiger partial charge in [0.25, 0.3) is 0 Å². The average Bonchev–Trinajstić information content (AvgIpc) is 3.28. The van der Waals surface area contributed by atoms with E-state index in [0.29, 0.717) is 32.1 Å². The number of nitrogens with zero attached hydrogens (tertiary/aromatic N) is 1. The maximum Gasteiger partial charge on any atom is 0.323 e. The van der Waals surface area contributed by atoms with Crippen molar-refractivity contribution in [2.24, 2.45) is 5.92 Å². The molecule has 7 nitrogen and oxygen atoms in total. The first-order chi connectivity index (χ1) is 17.3. The van der Waals surface area contributed by atoms with Crippen LogP contribution in [-0.2, 0) is 38.4 Å². The fraction of sp³-hybridized carbons (Fsp3) is 0.483. The minimum atomic E-state index is -1.05. The zero-order valence-corrected chi connectivity index (χ0v) is 23.6. The van der Waals surface area contributed by atoms with Crippen molar-refractivity contribution in [1.82, 2.24) is 10.2 Å². The Kier molecular flexibility index (Phi) is 12.3. The molecular weight excluding hydrogens is 536 g/mol. The van der Waals surface area contributed by atoms with Gasteiger partial charge >= 0.3 is 11.9 Å². The van der Waals surface area contributed by atoms with Crippen LogP contribution >= 0.6 is 17.0 Å². The summed E-state index contributed by atoms with van der Waals surface area (Å²) in [6.45, 7) is 5.66. The Balaban J connectivity index is 0.00000481. The van der Waals surface area contributed by atoms with Crippen molar-refractivity contribution < 1.29 is 24.2 Å². The first-order valence-electron chi connectivity index (χ1n) is 12.8. The first kappa shape index (κ1) is 30.5. The number of carboxylic acid groups (broad SMARTS) is 1. The number of aliphatic carboxylic acids is 1. The summed E-state index contributed by atoms with van der Waals surface area (Å²) in [5, 5.41) is 12.9.